The first-order valence-corrected chi connectivity index (χ1v) is 9.60. The lowest BCUT2D eigenvalue weighted by molar-refractivity contribution is -0.145. The van der Waals surface area contributed by atoms with Crippen LogP contribution in [0.5, 0.6) is 0 Å². The van der Waals surface area contributed by atoms with E-state index in [1.165, 1.54) is 12.1 Å². The second-order valence-corrected chi connectivity index (χ2v) is 8.16. The summed E-state index contributed by atoms with van der Waals surface area (Å²) in [5.41, 5.74) is 1.93. The number of hydrogen-bond donors (Lipinski definition) is 0. The molecule has 2 aromatic carbocycles. The Morgan fingerprint density at radius 3 is 2.31 bits per heavy atom. The predicted molar refractivity (Wildman–Crippen MR) is 98.1 cm³/mol. The third kappa shape index (κ3) is 4.60. The molecule has 0 atom stereocenters. The molecule has 140 valence electrons. The van der Waals surface area contributed by atoms with E-state index in [-0.39, 0.29) is 11.0 Å². The third-order valence-corrected chi connectivity index (χ3v) is 5.45. The largest absolute Gasteiger partial charge is 0.462 e. The molecule has 5 nitrogen and oxygen atoms in total. The number of aryl methyl sites for hydroxylation is 2. The van der Waals surface area contributed by atoms with Gasteiger partial charge in [-0.05, 0) is 69.2 Å². The van der Waals surface area contributed by atoms with Gasteiger partial charge in [0, 0.05) is 0 Å². The van der Waals surface area contributed by atoms with Crippen LogP contribution in [0.4, 0.5) is 10.1 Å². The van der Waals surface area contributed by atoms with E-state index >= 15 is 0 Å². The fourth-order valence-electron chi connectivity index (χ4n) is 2.44. The lowest BCUT2D eigenvalue weighted by Crippen LogP contribution is -2.37. The minimum absolute atomic E-state index is 0.0999. The second-order valence-electron chi connectivity index (χ2n) is 6.29. The number of anilines is 1. The highest BCUT2D eigenvalue weighted by Gasteiger charge is 2.29. The molecule has 7 heteroatoms. The first kappa shape index (κ1) is 19.9. The number of esters is 1. The highest BCUT2D eigenvalue weighted by Crippen LogP contribution is 2.28. The number of benzene rings is 2. The van der Waals surface area contributed by atoms with Gasteiger partial charge in [-0.25, -0.2) is 12.8 Å². The van der Waals surface area contributed by atoms with Gasteiger partial charge < -0.3 is 4.74 Å². The molecule has 2 aromatic rings. The van der Waals surface area contributed by atoms with Crippen molar-refractivity contribution >= 4 is 21.7 Å². The summed E-state index contributed by atoms with van der Waals surface area (Å²) in [4.78, 5) is 12.1. The van der Waals surface area contributed by atoms with E-state index in [9.17, 15) is 17.6 Å². The monoisotopic (exact) mass is 379 g/mol. The van der Waals surface area contributed by atoms with E-state index in [1.807, 2.05) is 13.0 Å². The Labute approximate surface area is 153 Å². The molecule has 0 aliphatic rings. The Morgan fingerprint density at radius 1 is 1.12 bits per heavy atom. The molecular weight excluding hydrogens is 357 g/mol. The standard InChI is InChI=1S/C19H22FNO4S/c1-13(2)25-19(22)12-21(18-11-14(3)5-6-15(18)4)26(23,24)17-9-7-16(20)8-10-17/h5-11,13H,12H2,1-4H3. The van der Waals surface area contributed by atoms with Gasteiger partial charge >= 0.3 is 5.97 Å². The molecule has 0 spiro atoms. The van der Waals surface area contributed by atoms with E-state index in [2.05, 4.69) is 0 Å². The van der Waals surface area contributed by atoms with E-state index in [4.69, 9.17) is 4.74 Å². The molecule has 0 heterocycles. The lowest BCUT2D eigenvalue weighted by atomic mass is 10.1. The summed E-state index contributed by atoms with van der Waals surface area (Å²) in [6, 6.07) is 9.83. The Balaban J connectivity index is 2.54. The fourth-order valence-corrected chi connectivity index (χ4v) is 3.90. The number of carbonyl (C=O) groups excluding carboxylic acids is 1. The number of ether oxygens (including phenoxy) is 1. The van der Waals surface area contributed by atoms with Crippen molar-refractivity contribution in [2.75, 3.05) is 10.8 Å². The molecule has 0 N–H and O–H groups in total. The first-order chi connectivity index (χ1) is 12.1. The van der Waals surface area contributed by atoms with Gasteiger partial charge in [0.25, 0.3) is 10.0 Å². The first-order valence-electron chi connectivity index (χ1n) is 8.16. The number of rotatable bonds is 6. The number of sulfonamides is 1. The molecule has 26 heavy (non-hydrogen) atoms. The van der Waals surface area contributed by atoms with Crippen LogP contribution in [0.1, 0.15) is 25.0 Å². The van der Waals surface area contributed by atoms with Gasteiger partial charge in [0.1, 0.15) is 12.4 Å². The molecular formula is C19H22FNO4S. The molecule has 0 unspecified atom stereocenters. The maximum Gasteiger partial charge on any atom is 0.327 e. The maximum absolute atomic E-state index is 13.2. The summed E-state index contributed by atoms with van der Waals surface area (Å²) in [7, 11) is -4.08. The van der Waals surface area contributed by atoms with E-state index in [0.29, 0.717) is 11.3 Å². The highest BCUT2D eigenvalue weighted by atomic mass is 32.2. The van der Waals surface area contributed by atoms with Crippen molar-refractivity contribution in [2.24, 2.45) is 0 Å². The van der Waals surface area contributed by atoms with Gasteiger partial charge in [0.15, 0.2) is 0 Å². The fraction of sp³-hybridized carbons (Fsp3) is 0.316. The molecule has 0 bridgehead atoms. The molecule has 0 saturated heterocycles. The summed E-state index contributed by atoms with van der Waals surface area (Å²) in [6.07, 6.45) is -0.364. The molecule has 0 amide bonds. The SMILES string of the molecule is Cc1ccc(C)c(N(CC(=O)OC(C)C)S(=O)(=O)c2ccc(F)cc2)c1. The number of hydrogen-bond acceptors (Lipinski definition) is 4. The van der Waals surface area contributed by atoms with Crippen LogP contribution in [0.3, 0.4) is 0 Å². The number of carbonyl (C=O) groups is 1. The van der Waals surface area contributed by atoms with Crippen LogP contribution in [-0.2, 0) is 19.6 Å². The number of halogens is 1. The van der Waals surface area contributed by atoms with Crippen molar-refractivity contribution in [3.8, 4) is 0 Å². The van der Waals surface area contributed by atoms with Crippen molar-refractivity contribution in [3.05, 3.63) is 59.4 Å². The minimum Gasteiger partial charge on any atom is -0.462 e. The van der Waals surface area contributed by atoms with Gasteiger partial charge in [-0.1, -0.05) is 12.1 Å². The van der Waals surface area contributed by atoms with E-state index in [1.54, 1.807) is 32.9 Å². The zero-order valence-corrected chi connectivity index (χ0v) is 16.0. The predicted octanol–water partition coefficient (Wildman–Crippen LogP) is 3.59. The van der Waals surface area contributed by atoms with Crippen LogP contribution in [0, 0.1) is 19.7 Å². The molecule has 0 aliphatic heterocycles. The molecule has 0 fully saturated rings. The molecule has 2 rings (SSSR count). The quantitative estimate of drug-likeness (QED) is 0.720. The van der Waals surface area contributed by atoms with Crippen molar-refractivity contribution < 1.29 is 22.3 Å². The van der Waals surface area contributed by atoms with Gasteiger partial charge in [-0.2, -0.15) is 0 Å². The van der Waals surface area contributed by atoms with Crippen LogP contribution < -0.4 is 4.31 Å². The average molecular weight is 379 g/mol. The van der Waals surface area contributed by atoms with Crippen LogP contribution in [0.15, 0.2) is 47.4 Å². The Hall–Kier alpha value is -2.41. The summed E-state index contributed by atoms with van der Waals surface area (Å²) < 4.78 is 45.6. The van der Waals surface area contributed by atoms with Crippen molar-refractivity contribution in [1.82, 2.24) is 0 Å². The van der Waals surface area contributed by atoms with Crippen LogP contribution in [0.25, 0.3) is 0 Å². The van der Waals surface area contributed by atoms with Crippen molar-refractivity contribution in [2.45, 2.75) is 38.7 Å². The molecule has 0 saturated carbocycles. The van der Waals surface area contributed by atoms with E-state index in [0.717, 1.165) is 22.0 Å². The Bertz CT molecular complexity index is 892. The lowest BCUT2D eigenvalue weighted by Gasteiger charge is -2.26. The maximum atomic E-state index is 13.2. The van der Waals surface area contributed by atoms with E-state index < -0.39 is 28.4 Å². The Kier molecular flexibility index (Phi) is 6.02. The third-order valence-electron chi connectivity index (χ3n) is 3.67. The summed E-state index contributed by atoms with van der Waals surface area (Å²) in [6.45, 7) is 6.50. The summed E-state index contributed by atoms with van der Waals surface area (Å²) in [5, 5.41) is 0. The zero-order valence-electron chi connectivity index (χ0n) is 15.2. The van der Waals surface area contributed by atoms with Crippen LogP contribution in [0.2, 0.25) is 0 Å². The van der Waals surface area contributed by atoms with Crippen molar-refractivity contribution in [3.63, 3.8) is 0 Å². The number of nitrogens with zero attached hydrogens (tertiary/aromatic N) is 1. The second kappa shape index (κ2) is 7.86. The van der Waals surface area contributed by atoms with Crippen LogP contribution in [-0.4, -0.2) is 27.0 Å². The van der Waals surface area contributed by atoms with Gasteiger partial charge in [-0.3, -0.25) is 9.10 Å². The normalized spacial score (nSPS) is 11.5. The van der Waals surface area contributed by atoms with Gasteiger partial charge in [0.2, 0.25) is 0 Å². The smallest absolute Gasteiger partial charge is 0.327 e. The topological polar surface area (TPSA) is 63.7 Å². The molecule has 0 aromatic heterocycles. The Morgan fingerprint density at radius 2 is 1.73 bits per heavy atom. The zero-order chi connectivity index (χ0) is 19.5. The molecule has 0 radical (unpaired) electrons. The highest BCUT2D eigenvalue weighted by molar-refractivity contribution is 7.92. The van der Waals surface area contributed by atoms with Gasteiger partial charge in [0.05, 0.1) is 16.7 Å². The average Bonchev–Trinajstić information content (AvgIpc) is 2.54. The van der Waals surface area contributed by atoms with Crippen LogP contribution >= 0.6 is 0 Å². The minimum atomic E-state index is -4.08. The van der Waals surface area contributed by atoms with Crippen molar-refractivity contribution in [1.29, 1.82) is 0 Å². The summed E-state index contributed by atoms with van der Waals surface area (Å²) in [5.74, 6) is -1.20. The molecule has 0 aliphatic carbocycles. The van der Waals surface area contributed by atoms with Gasteiger partial charge in [-0.15, -0.1) is 0 Å². The summed E-state index contributed by atoms with van der Waals surface area (Å²) >= 11 is 0.